The molecule has 0 N–H and O–H groups in total. The summed E-state index contributed by atoms with van der Waals surface area (Å²) in [6, 6.07) is 0. The van der Waals surface area contributed by atoms with Crippen LogP contribution >= 0.6 is 10.1 Å². The molecule has 0 aromatic rings. The molecule has 6 heavy (non-hydrogen) atoms. The van der Waals surface area contributed by atoms with E-state index < -0.39 is 0 Å². The van der Waals surface area contributed by atoms with Gasteiger partial charge >= 0.3 is 25.2 Å². The van der Waals surface area contributed by atoms with Crippen LogP contribution in [0.15, 0.2) is 0 Å². The fourth-order valence-electron chi connectivity index (χ4n) is 0. The van der Waals surface area contributed by atoms with Crippen LogP contribution < -0.4 is 0 Å². The normalized spacial score (nSPS) is 6.83. The topological polar surface area (TPSA) is 0 Å². The van der Waals surface area contributed by atoms with Crippen LogP contribution in [0.4, 0.5) is 0 Å². The fourth-order valence-corrected chi connectivity index (χ4v) is 0. The Hall–Kier alpha value is 0.809. The Morgan fingerprint density at radius 2 is 1.50 bits per heavy atom. The zero-order valence-electron chi connectivity index (χ0n) is 4.04. The molecule has 0 atom stereocenters. The Balaban J connectivity index is 0. The average molecular weight is 148 g/mol. The van der Waals surface area contributed by atoms with Gasteiger partial charge in [0, 0.05) is 0 Å². The molecule has 0 fully saturated rings. The van der Waals surface area contributed by atoms with Gasteiger partial charge in [0.1, 0.15) is 0 Å². The molecule has 0 saturated heterocycles. The van der Waals surface area contributed by atoms with Gasteiger partial charge in [-0.15, -0.1) is 0 Å². The molecule has 39 valence electrons. The third kappa shape index (κ3) is 107. The van der Waals surface area contributed by atoms with Crippen LogP contribution in [-0.2, 0) is 15.1 Å². The maximum absolute atomic E-state index is 4.45. The van der Waals surface area contributed by atoms with E-state index in [4.69, 9.17) is 0 Å². The second-order valence-corrected chi connectivity index (χ2v) is 1.39. The maximum atomic E-state index is 4.45. The van der Waals surface area contributed by atoms with Crippen molar-refractivity contribution >= 4 is 10.1 Å². The van der Waals surface area contributed by atoms with Gasteiger partial charge in [-0.05, 0) is 0 Å². The average Bonchev–Trinajstić information content (AvgIpc) is 1.41. The van der Waals surface area contributed by atoms with Crippen molar-refractivity contribution in [1.29, 1.82) is 0 Å². The Kier molecular flexibility index (Phi) is 15.3. The quantitative estimate of drug-likeness (QED) is 0.364. The van der Waals surface area contributed by atoms with Crippen LogP contribution in [-0.4, -0.2) is 0 Å². The van der Waals surface area contributed by atoms with Gasteiger partial charge in [0.25, 0.3) is 0 Å². The van der Waals surface area contributed by atoms with Crippen molar-refractivity contribution < 1.29 is 15.1 Å². The van der Waals surface area contributed by atoms with Crippen LogP contribution in [0, 0.1) is 12.8 Å². The third-order valence-corrected chi connectivity index (χ3v) is 0. The molecular formula is C4H9ClMn. The molecule has 0 aliphatic heterocycles. The van der Waals surface area contributed by atoms with Gasteiger partial charge in [-0.3, -0.25) is 0 Å². The van der Waals surface area contributed by atoms with E-state index in [0.717, 1.165) is 0 Å². The Labute approximate surface area is 52.3 Å². The SMILES string of the molecule is [CH2-]C(C)C.[Cl][Mn+]. The number of hydrogen-bond acceptors (Lipinski definition) is 0. The molecule has 0 bridgehead atoms. The third-order valence-electron chi connectivity index (χ3n) is 0. The molecule has 0 nitrogen and oxygen atoms in total. The summed E-state index contributed by atoms with van der Waals surface area (Å²) in [4.78, 5) is 0. The van der Waals surface area contributed by atoms with E-state index >= 15 is 0 Å². The van der Waals surface area contributed by atoms with E-state index in [-0.39, 0.29) is 0 Å². The standard InChI is InChI=1S/C4H9.ClH.Mn/c1-4(2)3;;/h4H,1H2,2-3H3;1H;/q-1;;+2/p-1. The molecular weight excluding hydrogens is 138 g/mol. The Bertz CT molecular complexity index is 12.3. The predicted octanol–water partition coefficient (Wildman–Crippen LogP) is 2.16. The Morgan fingerprint density at radius 3 is 1.50 bits per heavy atom. The van der Waals surface area contributed by atoms with Crippen molar-refractivity contribution in [3.8, 4) is 0 Å². The molecule has 0 aliphatic carbocycles. The first-order valence-corrected chi connectivity index (χ1v) is 3.33. The van der Waals surface area contributed by atoms with Crippen LogP contribution in [0.25, 0.3) is 0 Å². The summed E-state index contributed by atoms with van der Waals surface area (Å²) < 4.78 is 0. The molecule has 0 aromatic heterocycles. The van der Waals surface area contributed by atoms with E-state index in [0.29, 0.717) is 5.92 Å². The van der Waals surface area contributed by atoms with Crippen molar-refractivity contribution in [2.24, 2.45) is 5.92 Å². The zero-order chi connectivity index (χ0) is 5.58. The Morgan fingerprint density at radius 1 is 1.50 bits per heavy atom. The van der Waals surface area contributed by atoms with Gasteiger partial charge in [-0.1, -0.05) is 13.8 Å². The molecule has 0 amide bonds. The molecule has 2 heteroatoms. The first kappa shape index (κ1) is 9.94. The summed E-state index contributed by atoms with van der Waals surface area (Å²) >= 11 is 2.41. The van der Waals surface area contributed by atoms with Crippen molar-refractivity contribution in [3.63, 3.8) is 0 Å². The predicted molar refractivity (Wildman–Crippen MR) is 26.0 cm³/mol. The van der Waals surface area contributed by atoms with E-state index in [1.807, 2.05) is 0 Å². The van der Waals surface area contributed by atoms with Gasteiger partial charge in [0.2, 0.25) is 0 Å². The van der Waals surface area contributed by atoms with Crippen LogP contribution in [0.3, 0.4) is 0 Å². The molecule has 0 aliphatic rings. The minimum atomic E-state index is 0.583. The van der Waals surface area contributed by atoms with Crippen LogP contribution in [0.5, 0.6) is 0 Å². The van der Waals surface area contributed by atoms with Crippen molar-refractivity contribution in [3.05, 3.63) is 6.92 Å². The summed E-state index contributed by atoms with van der Waals surface area (Å²) in [6.45, 7) is 7.75. The zero-order valence-corrected chi connectivity index (χ0v) is 5.98. The molecule has 0 spiro atoms. The van der Waals surface area contributed by atoms with Gasteiger partial charge in [0.05, 0.1) is 0 Å². The second kappa shape index (κ2) is 9.26. The molecule has 0 heterocycles. The van der Waals surface area contributed by atoms with E-state index in [1.54, 1.807) is 0 Å². The van der Waals surface area contributed by atoms with Crippen LogP contribution in [0.2, 0.25) is 0 Å². The van der Waals surface area contributed by atoms with E-state index in [2.05, 4.69) is 46.0 Å². The summed E-state index contributed by atoms with van der Waals surface area (Å²) in [5.74, 6) is 0.583. The first-order valence-electron chi connectivity index (χ1n) is 1.71. The second-order valence-electron chi connectivity index (χ2n) is 1.39. The summed E-state index contributed by atoms with van der Waals surface area (Å²) in [6.07, 6.45) is 0. The van der Waals surface area contributed by atoms with Crippen molar-refractivity contribution in [2.45, 2.75) is 13.8 Å². The number of hydrogen-bond donors (Lipinski definition) is 0. The fraction of sp³-hybridized carbons (Fsp3) is 0.750. The first-order chi connectivity index (χ1) is 2.73. The van der Waals surface area contributed by atoms with Gasteiger partial charge in [-0.25, -0.2) is 0 Å². The number of rotatable bonds is 0. The minimum absolute atomic E-state index is 0.583. The molecule has 0 saturated carbocycles. The summed E-state index contributed by atoms with van der Waals surface area (Å²) in [5.41, 5.74) is 0. The van der Waals surface area contributed by atoms with Gasteiger partial charge in [-0.2, -0.15) is 5.92 Å². The number of halogens is 1. The molecule has 0 radical (unpaired) electrons. The summed E-state index contributed by atoms with van der Waals surface area (Å²) in [7, 11) is 4.45. The van der Waals surface area contributed by atoms with Gasteiger partial charge in [0.15, 0.2) is 0 Å². The van der Waals surface area contributed by atoms with Crippen molar-refractivity contribution in [1.82, 2.24) is 0 Å². The summed E-state index contributed by atoms with van der Waals surface area (Å²) in [5, 5.41) is 0. The van der Waals surface area contributed by atoms with Crippen molar-refractivity contribution in [2.75, 3.05) is 0 Å². The molecule has 0 unspecified atom stereocenters. The van der Waals surface area contributed by atoms with E-state index in [1.165, 1.54) is 0 Å². The van der Waals surface area contributed by atoms with Gasteiger partial charge < -0.3 is 6.92 Å². The van der Waals surface area contributed by atoms with Crippen LogP contribution in [0.1, 0.15) is 13.8 Å². The van der Waals surface area contributed by atoms with E-state index in [9.17, 15) is 0 Å². The monoisotopic (exact) mass is 147 g/mol. The molecule has 0 rings (SSSR count). The molecule has 0 aromatic carbocycles.